The largest absolute Gasteiger partial charge is 0.325 e. The minimum absolute atomic E-state index is 0.425. The van der Waals surface area contributed by atoms with Crippen molar-refractivity contribution in [3.8, 4) is 0 Å². The van der Waals surface area contributed by atoms with Crippen molar-refractivity contribution in [3.05, 3.63) is 58.6 Å². The number of anilines is 2. The standard InChI is InChI=1S/C18H19ClN2O4S/c1-12-3-6-16(9-13(12)2)21-18(23)11-26(24,25)10-17(22)20-15-7-4-14(19)5-8-15/h3-9H,10-11H2,1-2H3,(H,20,22)(H,21,23). The Morgan fingerprint density at radius 3 is 1.88 bits per heavy atom. The molecule has 0 saturated heterocycles. The quantitative estimate of drug-likeness (QED) is 0.787. The molecule has 0 radical (unpaired) electrons. The fraction of sp³-hybridized carbons (Fsp3) is 0.222. The van der Waals surface area contributed by atoms with Gasteiger partial charge in [-0.2, -0.15) is 0 Å². The number of amides is 2. The van der Waals surface area contributed by atoms with Crippen LogP contribution in [0, 0.1) is 13.8 Å². The van der Waals surface area contributed by atoms with Gasteiger partial charge in [0.25, 0.3) is 0 Å². The molecule has 2 aromatic rings. The molecule has 0 aliphatic carbocycles. The molecule has 2 N–H and O–H groups in total. The van der Waals surface area contributed by atoms with Gasteiger partial charge in [0, 0.05) is 16.4 Å². The van der Waals surface area contributed by atoms with Crippen LogP contribution in [-0.2, 0) is 19.4 Å². The molecule has 0 fully saturated rings. The van der Waals surface area contributed by atoms with Crippen LogP contribution in [0.4, 0.5) is 11.4 Å². The Bertz CT molecular complexity index is 925. The average molecular weight is 395 g/mol. The summed E-state index contributed by atoms with van der Waals surface area (Å²) in [4.78, 5) is 23.8. The van der Waals surface area contributed by atoms with E-state index in [0.29, 0.717) is 16.4 Å². The summed E-state index contributed by atoms with van der Waals surface area (Å²) in [5, 5.41) is 5.48. The topological polar surface area (TPSA) is 92.3 Å². The Morgan fingerprint density at radius 2 is 1.35 bits per heavy atom. The van der Waals surface area contributed by atoms with Crippen LogP contribution in [0.25, 0.3) is 0 Å². The molecule has 26 heavy (non-hydrogen) atoms. The molecule has 0 atom stereocenters. The summed E-state index contributed by atoms with van der Waals surface area (Å²) in [5.74, 6) is -2.96. The van der Waals surface area contributed by atoms with E-state index in [9.17, 15) is 18.0 Å². The smallest absolute Gasteiger partial charge is 0.239 e. The molecule has 0 unspecified atom stereocenters. The summed E-state index contributed by atoms with van der Waals surface area (Å²) in [6.07, 6.45) is 0. The molecule has 0 bridgehead atoms. The molecule has 0 spiro atoms. The van der Waals surface area contributed by atoms with Gasteiger partial charge in [-0.25, -0.2) is 8.42 Å². The third kappa shape index (κ3) is 6.16. The highest BCUT2D eigenvalue weighted by atomic mass is 35.5. The maximum Gasteiger partial charge on any atom is 0.239 e. The molecule has 2 aromatic carbocycles. The first kappa shape index (κ1) is 19.9. The van der Waals surface area contributed by atoms with E-state index in [1.165, 1.54) is 0 Å². The third-order valence-corrected chi connectivity index (χ3v) is 5.28. The molecular formula is C18H19ClN2O4S. The lowest BCUT2D eigenvalue weighted by Gasteiger charge is -2.09. The number of aryl methyl sites for hydroxylation is 2. The van der Waals surface area contributed by atoms with Crippen LogP contribution in [-0.4, -0.2) is 31.7 Å². The number of carbonyl (C=O) groups excluding carboxylic acids is 2. The van der Waals surface area contributed by atoms with Gasteiger partial charge in [0.05, 0.1) is 0 Å². The number of carbonyl (C=O) groups is 2. The highest BCUT2D eigenvalue weighted by Crippen LogP contribution is 2.15. The van der Waals surface area contributed by atoms with Crippen LogP contribution in [0.3, 0.4) is 0 Å². The van der Waals surface area contributed by atoms with E-state index >= 15 is 0 Å². The van der Waals surface area contributed by atoms with Gasteiger partial charge < -0.3 is 10.6 Å². The summed E-state index contributed by atoms with van der Waals surface area (Å²) in [6, 6.07) is 11.5. The van der Waals surface area contributed by atoms with Crippen molar-refractivity contribution in [1.29, 1.82) is 0 Å². The Labute approximate surface area is 157 Å². The number of nitrogens with one attached hydrogen (secondary N) is 2. The minimum Gasteiger partial charge on any atom is -0.325 e. The van der Waals surface area contributed by atoms with Gasteiger partial charge in [-0.15, -0.1) is 0 Å². The van der Waals surface area contributed by atoms with Crippen molar-refractivity contribution in [2.75, 3.05) is 22.1 Å². The van der Waals surface area contributed by atoms with E-state index in [4.69, 9.17) is 11.6 Å². The van der Waals surface area contributed by atoms with Gasteiger partial charge in [-0.05, 0) is 61.4 Å². The van der Waals surface area contributed by atoms with Gasteiger partial charge in [0.1, 0.15) is 11.5 Å². The predicted molar refractivity (Wildman–Crippen MR) is 103 cm³/mol. The first-order chi connectivity index (χ1) is 12.1. The van der Waals surface area contributed by atoms with Gasteiger partial charge >= 0.3 is 0 Å². The number of hydrogen-bond acceptors (Lipinski definition) is 4. The molecule has 2 amide bonds. The van der Waals surface area contributed by atoms with E-state index < -0.39 is 33.2 Å². The molecule has 0 aliphatic rings. The van der Waals surface area contributed by atoms with Gasteiger partial charge in [-0.1, -0.05) is 17.7 Å². The van der Waals surface area contributed by atoms with Crippen molar-refractivity contribution in [1.82, 2.24) is 0 Å². The van der Waals surface area contributed by atoms with Crippen LogP contribution < -0.4 is 10.6 Å². The second kappa shape index (κ2) is 8.33. The number of halogens is 1. The maximum atomic E-state index is 12.1. The van der Waals surface area contributed by atoms with E-state index in [0.717, 1.165) is 11.1 Å². The molecule has 0 aromatic heterocycles. The van der Waals surface area contributed by atoms with E-state index in [-0.39, 0.29) is 0 Å². The fourth-order valence-corrected chi connectivity index (χ4v) is 3.37. The SMILES string of the molecule is Cc1ccc(NC(=O)CS(=O)(=O)CC(=O)Nc2ccc(Cl)cc2)cc1C. The summed E-state index contributed by atoms with van der Waals surface area (Å²) >= 11 is 5.74. The first-order valence-corrected chi connectivity index (χ1v) is 9.97. The third-order valence-electron chi connectivity index (χ3n) is 3.62. The maximum absolute atomic E-state index is 12.1. The fourth-order valence-electron chi connectivity index (χ4n) is 2.20. The molecule has 8 heteroatoms. The summed E-state index contributed by atoms with van der Waals surface area (Å²) < 4.78 is 24.1. The van der Waals surface area contributed by atoms with Crippen molar-refractivity contribution in [2.45, 2.75) is 13.8 Å². The van der Waals surface area contributed by atoms with Crippen LogP contribution >= 0.6 is 11.6 Å². The van der Waals surface area contributed by atoms with Crippen LogP contribution in [0.1, 0.15) is 11.1 Å². The van der Waals surface area contributed by atoms with Crippen molar-refractivity contribution < 1.29 is 18.0 Å². The molecule has 0 heterocycles. The predicted octanol–water partition coefficient (Wildman–Crippen LogP) is 2.95. The second-order valence-corrected chi connectivity index (χ2v) is 8.44. The Balaban J connectivity index is 1.92. The normalized spacial score (nSPS) is 11.0. The summed E-state index contributed by atoms with van der Waals surface area (Å²) in [5.41, 5.74) is 2.98. The Hall–Kier alpha value is -2.38. The number of sulfone groups is 1. The lowest BCUT2D eigenvalue weighted by molar-refractivity contribution is -0.114. The first-order valence-electron chi connectivity index (χ1n) is 7.77. The Kier molecular flexibility index (Phi) is 6.39. The zero-order valence-corrected chi connectivity index (χ0v) is 15.9. The van der Waals surface area contributed by atoms with Crippen molar-refractivity contribution in [2.24, 2.45) is 0 Å². The summed E-state index contributed by atoms with van der Waals surface area (Å²) in [6.45, 7) is 3.83. The monoisotopic (exact) mass is 394 g/mol. The van der Waals surface area contributed by atoms with Crippen molar-refractivity contribution >= 4 is 44.6 Å². The second-order valence-electron chi connectivity index (χ2n) is 5.93. The molecular weight excluding hydrogens is 376 g/mol. The van der Waals surface area contributed by atoms with Crippen LogP contribution in [0.2, 0.25) is 5.02 Å². The van der Waals surface area contributed by atoms with Gasteiger partial charge in [0.15, 0.2) is 9.84 Å². The lowest BCUT2D eigenvalue weighted by Crippen LogP contribution is -2.30. The van der Waals surface area contributed by atoms with Crippen LogP contribution in [0.15, 0.2) is 42.5 Å². The number of benzene rings is 2. The van der Waals surface area contributed by atoms with Gasteiger partial charge in [-0.3, -0.25) is 9.59 Å². The Morgan fingerprint density at radius 1 is 0.846 bits per heavy atom. The molecule has 0 aliphatic heterocycles. The van der Waals surface area contributed by atoms with E-state index in [1.807, 2.05) is 19.9 Å². The van der Waals surface area contributed by atoms with Crippen molar-refractivity contribution in [3.63, 3.8) is 0 Å². The number of hydrogen-bond donors (Lipinski definition) is 2. The lowest BCUT2D eigenvalue weighted by atomic mass is 10.1. The highest BCUT2D eigenvalue weighted by Gasteiger charge is 2.21. The highest BCUT2D eigenvalue weighted by molar-refractivity contribution is 7.92. The molecule has 0 saturated carbocycles. The van der Waals surface area contributed by atoms with E-state index in [1.54, 1.807) is 36.4 Å². The van der Waals surface area contributed by atoms with Gasteiger partial charge in [0.2, 0.25) is 11.8 Å². The zero-order chi connectivity index (χ0) is 19.3. The van der Waals surface area contributed by atoms with E-state index in [2.05, 4.69) is 10.6 Å². The zero-order valence-electron chi connectivity index (χ0n) is 14.4. The number of rotatable bonds is 6. The molecule has 2 rings (SSSR count). The molecule has 138 valence electrons. The average Bonchev–Trinajstić information content (AvgIpc) is 2.52. The summed E-state index contributed by atoms with van der Waals surface area (Å²) in [7, 11) is -3.90. The minimum atomic E-state index is -3.90. The van der Waals surface area contributed by atoms with Crippen LogP contribution in [0.5, 0.6) is 0 Å². The molecule has 6 nitrogen and oxygen atoms in total.